The molecular formula is C17H22N2S. The molecule has 0 aromatic heterocycles. The van der Waals surface area contributed by atoms with E-state index in [-0.39, 0.29) is 0 Å². The normalized spacial score (nSPS) is 22.8. The molecule has 1 fully saturated rings. The molecular weight excluding hydrogens is 264 g/mol. The van der Waals surface area contributed by atoms with Crippen LogP contribution in [-0.4, -0.2) is 26.2 Å². The Balaban J connectivity index is 1.66. The number of piperazine rings is 1. The van der Waals surface area contributed by atoms with Crippen molar-refractivity contribution < 1.29 is 0 Å². The Hall–Kier alpha value is -1.19. The molecule has 20 heavy (non-hydrogen) atoms. The number of hydrogen-bond donors (Lipinski definition) is 1. The van der Waals surface area contributed by atoms with E-state index in [0.29, 0.717) is 5.92 Å². The van der Waals surface area contributed by atoms with E-state index in [0.717, 1.165) is 32.6 Å². The summed E-state index contributed by atoms with van der Waals surface area (Å²) in [6.07, 6.45) is 7.85. The van der Waals surface area contributed by atoms with Crippen LogP contribution in [0.2, 0.25) is 0 Å². The maximum Gasteiger partial charge on any atom is 0.0367 e. The van der Waals surface area contributed by atoms with Crippen molar-refractivity contribution in [3.8, 4) is 0 Å². The molecule has 0 saturated carbocycles. The monoisotopic (exact) mass is 286 g/mol. The number of rotatable bonds is 3. The highest BCUT2D eigenvalue weighted by molar-refractivity contribution is 8.03. The van der Waals surface area contributed by atoms with Gasteiger partial charge in [0.1, 0.15) is 0 Å². The molecule has 3 rings (SSSR count). The molecule has 0 bridgehead atoms. The molecule has 1 saturated heterocycles. The zero-order valence-electron chi connectivity index (χ0n) is 12.0. The molecule has 0 amide bonds. The van der Waals surface area contributed by atoms with Crippen LogP contribution in [-0.2, 0) is 0 Å². The third-order valence-corrected chi connectivity index (χ3v) is 5.21. The summed E-state index contributed by atoms with van der Waals surface area (Å²) in [6, 6.07) is 9.04. The van der Waals surface area contributed by atoms with Crippen molar-refractivity contribution in [3.63, 3.8) is 0 Å². The highest BCUT2D eigenvalue weighted by atomic mass is 32.2. The number of benzene rings is 1. The lowest BCUT2D eigenvalue weighted by Crippen LogP contribution is -2.43. The first-order chi connectivity index (χ1) is 9.83. The molecule has 1 N–H and O–H groups in total. The van der Waals surface area contributed by atoms with Crippen molar-refractivity contribution in [1.29, 1.82) is 0 Å². The summed E-state index contributed by atoms with van der Waals surface area (Å²) >= 11 is 1.91. The van der Waals surface area contributed by atoms with Crippen LogP contribution in [0, 0.1) is 5.92 Å². The fourth-order valence-corrected chi connectivity index (χ4v) is 3.63. The van der Waals surface area contributed by atoms with Gasteiger partial charge in [0.15, 0.2) is 0 Å². The van der Waals surface area contributed by atoms with E-state index in [1.54, 1.807) is 0 Å². The number of thioether (sulfide) groups is 1. The van der Waals surface area contributed by atoms with Gasteiger partial charge < -0.3 is 10.2 Å². The van der Waals surface area contributed by atoms with Crippen LogP contribution >= 0.6 is 11.8 Å². The first-order valence-corrected chi connectivity index (χ1v) is 8.25. The highest BCUT2D eigenvalue weighted by Crippen LogP contribution is 2.36. The van der Waals surface area contributed by atoms with Gasteiger partial charge in [0, 0.05) is 36.8 Å². The smallest absolute Gasteiger partial charge is 0.0367 e. The van der Waals surface area contributed by atoms with Gasteiger partial charge in [-0.3, -0.25) is 0 Å². The second-order valence-electron chi connectivity index (χ2n) is 5.47. The average Bonchev–Trinajstić information content (AvgIpc) is 2.51. The predicted octanol–water partition coefficient (Wildman–Crippen LogP) is 3.67. The first-order valence-electron chi connectivity index (χ1n) is 7.43. The van der Waals surface area contributed by atoms with E-state index in [1.807, 2.05) is 11.8 Å². The van der Waals surface area contributed by atoms with Crippen LogP contribution in [0.5, 0.6) is 0 Å². The molecule has 1 aliphatic heterocycles. The lowest BCUT2D eigenvalue weighted by Gasteiger charge is -2.29. The van der Waals surface area contributed by atoms with E-state index >= 15 is 0 Å². The summed E-state index contributed by atoms with van der Waals surface area (Å²) in [6.45, 7) is 6.71. The van der Waals surface area contributed by atoms with Crippen LogP contribution in [0.4, 0.5) is 5.69 Å². The predicted molar refractivity (Wildman–Crippen MR) is 88.4 cm³/mol. The third kappa shape index (κ3) is 3.28. The largest absolute Gasteiger partial charge is 0.369 e. The minimum Gasteiger partial charge on any atom is -0.369 e. The third-order valence-electron chi connectivity index (χ3n) is 3.93. The molecule has 1 atom stereocenters. The second kappa shape index (κ2) is 6.51. The number of nitrogens with one attached hydrogen (secondary N) is 1. The number of hydrogen-bond acceptors (Lipinski definition) is 3. The molecule has 0 radical (unpaired) electrons. The molecule has 2 aliphatic rings. The standard InChI is InChI=1S/C17H22N2S/c1-14-4-2-3-5-17(14)20-16-8-6-15(7-9-16)19-12-10-18-11-13-19/h2-3,5-9,14,18H,4,10-13H2,1H3. The van der Waals surface area contributed by atoms with Gasteiger partial charge >= 0.3 is 0 Å². The van der Waals surface area contributed by atoms with Crippen LogP contribution in [0.1, 0.15) is 13.3 Å². The maximum absolute atomic E-state index is 3.40. The van der Waals surface area contributed by atoms with E-state index in [9.17, 15) is 0 Å². The minimum absolute atomic E-state index is 0.651. The van der Waals surface area contributed by atoms with E-state index < -0.39 is 0 Å². The van der Waals surface area contributed by atoms with Crippen molar-refractivity contribution in [2.45, 2.75) is 18.2 Å². The summed E-state index contributed by atoms with van der Waals surface area (Å²) in [4.78, 5) is 5.27. The lowest BCUT2D eigenvalue weighted by molar-refractivity contribution is 0.589. The van der Waals surface area contributed by atoms with Gasteiger partial charge in [0.05, 0.1) is 0 Å². The zero-order valence-corrected chi connectivity index (χ0v) is 12.8. The fourth-order valence-electron chi connectivity index (χ4n) is 2.64. The van der Waals surface area contributed by atoms with Crippen molar-refractivity contribution in [2.24, 2.45) is 5.92 Å². The Morgan fingerprint density at radius 1 is 1.15 bits per heavy atom. The number of allylic oxidation sites excluding steroid dienone is 4. The van der Waals surface area contributed by atoms with Crippen molar-refractivity contribution in [2.75, 3.05) is 31.1 Å². The zero-order chi connectivity index (χ0) is 13.8. The Morgan fingerprint density at radius 3 is 2.60 bits per heavy atom. The molecule has 2 nitrogen and oxygen atoms in total. The van der Waals surface area contributed by atoms with Crippen molar-refractivity contribution >= 4 is 17.4 Å². The first kappa shape index (κ1) is 13.8. The molecule has 106 valence electrons. The Kier molecular flexibility index (Phi) is 4.48. The molecule has 0 spiro atoms. The Morgan fingerprint density at radius 2 is 1.90 bits per heavy atom. The quantitative estimate of drug-likeness (QED) is 0.912. The van der Waals surface area contributed by atoms with Gasteiger partial charge in [-0.2, -0.15) is 0 Å². The number of nitrogens with zero attached hydrogens (tertiary/aromatic N) is 1. The molecule has 1 aromatic carbocycles. The molecule has 1 aliphatic carbocycles. The second-order valence-corrected chi connectivity index (χ2v) is 6.61. The summed E-state index contributed by atoms with van der Waals surface area (Å²) in [5.41, 5.74) is 1.35. The Labute approximate surface area is 125 Å². The fraction of sp³-hybridized carbons (Fsp3) is 0.412. The van der Waals surface area contributed by atoms with Crippen LogP contribution in [0.3, 0.4) is 0 Å². The topological polar surface area (TPSA) is 15.3 Å². The van der Waals surface area contributed by atoms with Gasteiger partial charge in [0.25, 0.3) is 0 Å². The van der Waals surface area contributed by atoms with Crippen LogP contribution < -0.4 is 10.2 Å². The van der Waals surface area contributed by atoms with Gasteiger partial charge in [-0.1, -0.05) is 36.9 Å². The number of anilines is 1. The summed E-state index contributed by atoms with van der Waals surface area (Å²) in [5, 5.41) is 3.40. The summed E-state index contributed by atoms with van der Waals surface area (Å²) < 4.78 is 0. The SMILES string of the molecule is CC1CC=CC=C1Sc1ccc(N2CCNCC2)cc1. The minimum atomic E-state index is 0.651. The van der Waals surface area contributed by atoms with Crippen molar-refractivity contribution in [1.82, 2.24) is 5.32 Å². The molecule has 3 heteroatoms. The summed E-state index contributed by atoms with van der Waals surface area (Å²) in [7, 11) is 0. The molecule has 1 unspecified atom stereocenters. The summed E-state index contributed by atoms with van der Waals surface area (Å²) in [5.74, 6) is 0.651. The van der Waals surface area contributed by atoms with Crippen LogP contribution in [0.25, 0.3) is 0 Å². The van der Waals surface area contributed by atoms with Crippen LogP contribution in [0.15, 0.2) is 52.3 Å². The highest BCUT2D eigenvalue weighted by Gasteiger charge is 2.13. The Bertz CT molecular complexity index is 498. The average molecular weight is 286 g/mol. The van der Waals surface area contributed by atoms with E-state index in [1.165, 1.54) is 15.5 Å². The maximum atomic E-state index is 3.40. The van der Waals surface area contributed by atoms with Gasteiger partial charge in [0.2, 0.25) is 0 Å². The van der Waals surface area contributed by atoms with Gasteiger partial charge in [-0.25, -0.2) is 0 Å². The van der Waals surface area contributed by atoms with Gasteiger partial charge in [-0.05, 0) is 41.5 Å². The van der Waals surface area contributed by atoms with E-state index in [4.69, 9.17) is 0 Å². The van der Waals surface area contributed by atoms with Crippen molar-refractivity contribution in [3.05, 3.63) is 47.4 Å². The molecule has 1 aromatic rings. The van der Waals surface area contributed by atoms with Gasteiger partial charge in [-0.15, -0.1) is 0 Å². The lowest BCUT2D eigenvalue weighted by atomic mass is 10.0. The molecule has 1 heterocycles. The van der Waals surface area contributed by atoms with E-state index in [2.05, 4.69) is 59.6 Å².